The first-order valence-electron chi connectivity index (χ1n) is 7.44. The van der Waals surface area contributed by atoms with Gasteiger partial charge in [-0.05, 0) is 49.1 Å². The van der Waals surface area contributed by atoms with Crippen LogP contribution in [-0.2, 0) is 12.8 Å². The van der Waals surface area contributed by atoms with Crippen molar-refractivity contribution in [3.63, 3.8) is 0 Å². The monoisotopic (exact) mass is 260 g/mol. The number of nitrogens with one attached hydrogen (secondary N) is 1. The van der Waals surface area contributed by atoms with Crippen molar-refractivity contribution in [2.75, 3.05) is 26.7 Å². The van der Waals surface area contributed by atoms with Crippen LogP contribution in [0.2, 0.25) is 0 Å². The number of aryl methyl sites for hydroxylation is 1. The highest BCUT2D eigenvalue weighted by molar-refractivity contribution is 5.38. The van der Waals surface area contributed by atoms with Gasteiger partial charge in [0.1, 0.15) is 5.75 Å². The minimum atomic E-state index is 0.705. The fourth-order valence-corrected chi connectivity index (χ4v) is 3.45. The maximum Gasteiger partial charge on any atom is 0.119 e. The Labute approximate surface area is 115 Å². The van der Waals surface area contributed by atoms with Crippen molar-refractivity contribution in [2.45, 2.75) is 38.3 Å². The number of hydrogen-bond acceptors (Lipinski definition) is 3. The van der Waals surface area contributed by atoms with Crippen LogP contribution in [0.25, 0.3) is 0 Å². The van der Waals surface area contributed by atoms with Crippen molar-refractivity contribution in [1.82, 2.24) is 10.2 Å². The van der Waals surface area contributed by atoms with Crippen molar-refractivity contribution >= 4 is 0 Å². The highest BCUT2D eigenvalue weighted by Crippen LogP contribution is 2.29. The van der Waals surface area contributed by atoms with Crippen molar-refractivity contribution < 1.29 is 4.74 Å². The zero-order chi connectivity index (χ0) is 13.2. The summed E-state index contributed by atoms with van der Waals surface area (Å²) in [6, 6.07) is 8.02. The molecular weight excluding hydrogens is 236 g/mol. The molecule has 1 N–H and O–H groups in total. The van der Waals surface area contributed by atoms with Gasteiger partial charge in [-0.1, -0.05) is 13.0 Å². The lowest BCUT2D eigenvalue weighted by molar-refractivity contribution is 0.0925. The molecule has 1 fully saturated rings. The minimum Gasteiger partial charge on any atom is -0.497 e. The van der Waals surface area contributed by atoms with Gasteiger partial charge < -0.3 is 10.1 Å². The summed E-state index contributed by atoms with van der Waals surface area (Å²) in [7, 11) is 1.75. The van der Waals surface area contributed by atoms with Gasteiger partial charge >= 0.3 is 0 Å². The van der Waals surface area contributed by atoms with Crippen molar-refractivity contribution in [3.05, 3.63) is 29.3 Å². The number of hydrogen-bond donors (Lipinski definition) is 1. The van der Waals surface area contributed by atoms with Crippen LogP contribution in [0, 0.1) is 0 Å². The molecule has 1 saturated heterocycles. The largest absolute Gasteiger partial charge is 0.497 e. The Morgan fingerprint density at radius 1 is 1.26 bits per heavy atom. The van der Waals surface area contributed by atoms with Crippen LogP contribution < -0.4 is 10.1 Å². The first-order valence-corrected chi connectivity index (χ1v) is 7.44. The molecule has 3 heteroatoms. The molecule has 0 spiro atoms. The fourth-order valence-electron chi connectivity index (χ4n) is 3.45. The van der Waals surface area contributed by atoms with E-state index in [2.05, 4.69) is 35.3 Å². The molecule has 1 heterocycles. The Balaban J connectivity index is 1.76. The zero-order valence-electron chi connectivity index (χ0n) is 12.0. The Bertz CT molecular complexity index is 442. The van der Waals surface area contributed by atoms with E-state index in [1.54, 1.807) is 7.11 Å². The number of fused-ring (bicyclic) bond motifs is 1. The predicted octanol–water partition coefficient (Wildman–Crippen LogP) is 1.85. The Morgan fingerprint density at radius 2 is 2.11 bits per heavy atom. The van der Waals surface area contributed by atoms with Gasteiger partial charge in [0, 0.05) is 25.2 Å². The summed E-state index contributed by atoms with van der Waals surface area (Å²) >= 11 is 0. The molecule has 0 saturated carbocycles. The average molecular weight is 260 g/mol. The second kappa shape index (κ2) is 5.51. The molecule has 0 radical (unpaired) electrons. The lowest BCUT2D eigenvalue weighted by Crippen LogP contribution is -2.60. The van der Waals surface area contributed by atoms with Gasteiger partial charge in [-0.2, -0.15) is 0 Å². The summed E-state index contributed by atoms with van der Waals surface area (Å²) in [6.07, 6.45) is 3.68. The lowest BCUT2D eigenvalue weighted by Gasteiger charge is -2.44. The molecular formula is C16H24N2O. The predicted molar refractivity (Wildman–Crippen MR) is 77.8 cm³/mol. The maximum absolute atomic E-state index is 5.36. The van der Waals surface area contributed by atoms with Crippen LogP contribution in [0.15, 0.2) is 18.2 Å². The summed E-state index contributed by atoms with van der Waals surface area (Å²) in [4.78, 5) is 2.69. The summed E-state index contributed by atoms with van der Waals surface area (Å²) < 4.78 is 5.36. The first-order chi connectivity index (χ1) is 9.31. The summed E-state index contributed by atoms with van der Waals surface area (Å²) in [5.41, 5.74) is 3.00. The summed E-state index contributed by atoms with van der Waals surface area (Å²) in [6.45, 7) is 5.78. The molecule has 1 aliphatic carbocycles. The van der Waals surface area contributed by atoms with Gasteiger partial charge in [0.15, 0.2) is 0 Å². The van der Waals surface area contributed by atoms with E-state index in [0.29, 0.717) is 6.04 Å². The summed E-state index contributed by atoms with van der Waals surface area (Å²) in [5.74, 6) is 0.993. The third-order valence-electron chi connectivity index (χ3n) is 4.68. The molecule has 104 valence electrons. The Morgan fingerprint density at radius 3 is 2.74 bits per heavy atom. The molecule has 1 atom stereocenters. The van der Waals surface area contributed by atoms with Crippen LogP contribution >= 0.6 is 0 Å². The van der Waals surface area contributed by atoms with Crippen molar-refractivity contribution in [3.8, 4) is 5.75 Å². The number of ether oxygens (including phenoxy) is 1. The van der Waals surface area contributed by atoms with E-state index in [1.807, 2.05) is 0 Å². The first kappa shape index (κ1) is 12.9. The number of methoxy groups -OCH3 is 1. The zero-order valence-corrected chi connectivity index (χ0v) is 12.0. The van der Waals surface area contributed by atoms with Crippen LogP contribution in [0.3, 0.4) is 0 Å². The molecule has 1 aromatic rings. The molecule has 1 aromatic carbocycles. The van der Waals surface area contributed by atoms with E-state index in [4.69, 9.17) is 4.74 Å². The number of likely N-dealkylation sites (N-methyl/N-ethyl adjacent to an activating group) is 1. The summed E-state index contributed by atoms with van der Waals surface area (Å²) in [5, 5.41) is 3.39. The third-order valence-corrected chi connectivity index (χ3v) is 4.68. The minimum absolute atomic E-state index is 0.705. The molecule has 0 bridgehead atoms. The Hall–Kier alpha value is -1.06. The highest BCUT2D eigenvalue weighted by Gasteiger charge is 2.31. The smallest absolute Gasteiger partial charge is 0.119 e. The van der Waals surface area contributed by atoms with Crippen molar-refractivity contribution in [2.24, 2.45) is 0 Å². The van der Waals surface area contributed by atoms with Crippen LogP contribution in [0.5, 0.6) is 5.75 Å². The van der Waals surface area contributed by atoms with Gasteiger partial charge in [-0.15, -0.1) is 0 Å². The third kappa shape index (κ3) is 2.49. The number of benzene rings is 1. The van der Waals surface area contributed by atoms with Gasteiger partial charge in [0.25, 0.3) is 0 Å². The number of nitrogens with zero attached hydrogens (tertiary/aromatic N) is 1. The van der Waals surface area contributed by atoms with Crippen molar-refractivity contribution in [1.29, 1.82) is 0 Å². The van der Waals surface area contributed by atoms with E-state index in [-0.39, 0.29) is 0 Å². The molecule has 19 heavy (non-hydrogen) atoms. The molecule has 1 aliphatic heterocycles. The molecule has 3 rings (SSSR count). The van der Waals surface area contributed by atoms with E-state index < -0.39 is 0 Å². The molecule has 3 nitrogen and oxygen atoms in total. The highest BCUT2D eigenvalue weighted by atomic mass is 16.5. The van der Waals surface area contributed by atoms with E-state index in [0.717, 1.165) is 31.4 Å². The molecule has 2 aliphatic rings. The van der Waals surface area contributed by atoms with Gasteiger partial charge in [-0.25, -0.2) is 0 Å². The second-order valence-electron chi connectivity index (χ2n) is 5.67. The quantitative estimate of drug-likeness (QED) is 0.894. The fraction of sp³-hybridized carbons (Fsp3) is 0.625. The van der Waals surface area contributed by atoms with E-state index in [9.17, 15) is 0 Å². The van der Waals surface area contributed by atoms with Crippen LogP contribution in [0.1, 0.15) is 24.5 Å². The number of rotatable bonds is 4. The SMILES string of the molecule is CCN(C1CNC1)C1CCc2ccc(OC)cc2C1. The molecule has 1 unspecified atom stereocenters. The van der Waals surface area contributed by atoms with Gasteiger partial charge in [0.05, 0.1) is 7.11 Å². The van der Waals surface area contributed by atoms with Crippen LogP contribution in [-0.4, -0.2) is 43.7 Å². The second-order valence-corrected chi connectivity index (χ2v) is 5.67. The standard InChI is InChI=1S/C16H24N2O/c1-3-18(15-10-17-11-15)14-6-4-12-5-7-16(19-2)9-13(12)8-14/h5,7,9,14-15,17H,3-4,6,8,10-11H2,1-2H3. The molecule has 0 amide bonds. The van der Waals surface area contributed by atoms with E-state index in [1.165, 1.54) is 30.4 Å². The lowest BCUT2D eigenvalue weighted by atomic mass is 9.86. The Kier molecular flexibility index (Phi) is 3.76. The van der Waals surface area contributed by atoms with Gasteiger partial charge in [-0.3, -0.25) is 4.90 Å². The van der Waals surface area contributed by atoms with Gasteiger partial charge in [0.2, 0.25) is 0 Å². The van der Waals surface area contributed by atoms with E-state index >= 15 is 0 Å². The normalized spacial score (nSPS) is 23.0. The topological polar surface area (TPSA) is 24.5 Å². The molecule has 0 aromatic heterocycles. The van der Waals surface area contributed by atoms with Crippen LogP contribution in [0.4, 0.5) is 0 Å². The maximum atomic E-state index is 5.36. The average Bonchev–Trinajstić information content (AvgIpc) is 2.41.